The van der Waals surface area contributed by atoms with Gasteiger partial charge >= 0.3 is 0 Å². The lowest BCUT2D eigenvalue weighted by atomic mass is 10.1. The van der Waals surface area contributed by atoms with Crippen LogP contribution in [0.4, 0.5) is 5.69 Å². The van der Waals surface area contributed by atoms with E-state index in [0.29, 0.717) is 12.0 Å². The van der Waals surface area contributed by atoms with Crippen molar-refractivity contribution < 1.29 is 9.53 Å². The molecular formula is C23H27BrN2O2. The highest BCUT2D eigenvalue weighted by Crippen LogP contribution is 2.41. The minimum atomic E-state index is 0.185. The maximum atomic E-state index is 13.3. The van der Waals surface area contributed by atoms with E-state index in [0.717, 1.165) is 46.7 Å². The highest BCUT2D eigenvalue weighted by Gasteiger charge is 2.40. The fourth-order valence-electron chi connectivity index (χ4n) is 4.15. The van der Waals surface area contributed by atoms with Crippen LogP contribution in [0.3, 0.4) is 0 Å². The second kappa shape index (κ2) is 7.78. The molecule has 1 amide bonds. The molecule has 1 atom stereocenters. The van der Waals surface area contributed by atoms with Gasteiger partial charge in [-0.05, 0) is 68.0 Å². The molecule has 0 radical (unpaired) electrons. The maximum Gasteiger partial charge on any atom is 0.256 e. The third-order valence-electron chi connectivity index (χ3n) is 6.03. The SMILES string of the molecule is CCN(Cc1ccc(OC)cc1)c1cc(Br)cc2c1C(=O)N([C@@H](C)C1CC1)C2. The summed E-state index contributed by atoms with van der Waals surface area (Å²) in [6, 6.07) is 12.7. The van der Waals surface area contributed by atoms with Gasteiger partial charge in [-0.2, -0.15) is 0 Å². The van der Waals surface area contributed by atoms with Crippen LogP contribution in [0.25, 0.3) is 0 Å². The smallest absolute Gasteiger partial charge is 0.256 e. The molecule has 2 aromatic rings. The summed E-state index contributed by atoms with van der Waals surface area (Å²) in [5, 5.41) is 0. The van der Waals surface area contributed by atoms with Crippen molar-refractivity contribution in [3.8, 4) is 5.75 Å². The number of rotatable bonds is 7. The minimum Gasteiger partial charge on any atom is -0.497 e. The number of halogens is 1. The van der Waals surface area contributed by atoms with Gasteiger partial charge in [0.25, 0.3) is 5.91 Å². The van der Waals surface area contributed by atoms with Gasteiger partial charge in [-0.3, -0.25) is 4.79 Å². The number of anilines is 1. The predicted molar refractivity (Wildman–Crippen MR) is 116 cm³/mol. The standard InChI is InChI=1S/C23H27BrN2O2/c1-4-25(13-16-5-9-20(28-3)10-6-16)21-12-19(24)11-18-14-26(23(27)22(18)21)15(2)17-7-8-17/h5-6,9-12,15,17H,4,7-8,13-14H2,1-3H3/t15-/m0/s1. The van der Waals surface area contributed by atoms with Gasteiger partial charge < -0.3 is 14.5 Å². The summed E-state index contributed by atoms with van der Waals surface area (Å²) in [6.45, 7) is 6.65. The quantitative estimate of drug-likeness (QED) is 0.587. The van der Waals surface area contributed by atoms with Crippen LogP contribution in [0.2, 0.25) is 0 Å². The first-order valence-corrected chi connectivity index (χ1v) is 10.8. The summed E-state index contributed by atoms with van der Waals surface area (Å²) in [5.74, 6) is 1.71. The molecule has 0 bridgehead atoms. The number of hydrogen-bond acceptors (Lipinski definition) is 3. The predicted octanol–water partition coefficient (Wildman–Crippen LogP) is 5.24. The van der Waals surface area contributed by atoms with E-state index in [4.69, 9.17) is 4.74 Å². The van der Waals surface area contributed by atoms with Crippen LogP contribution in [-0.2, 0) is 13.1 Å². The van der Waals surface area contributed by atoms with E-state index in [1.165, 1.54) is 18.4 Å². The van der Waals surface area contributed by atoms with Crippen molar-refractivity contribution >= 4 is 27.5 Å². The fraction of sp³-hybridized carbons (Fsp3) is 0.435. The largest absolute Gasteiger partial charge is 0.497 e. The Morgan fingerprint density at radius 3 is 2.57 bits per heavy atom. The highest BCUT2D eigenvalue weighted by molar-refractivity contribution is 9.10. The topological polar surface area (TPSA) is 32.8 Å². The molecule has 28 heavy (non-hydrogen) atoms. The zero-order chi connectivity index (χ0) is 19.8. The minimum absolute atomic E-state index is 0.185. The molecule has 1 fully saturated rings. The molecule has 0 N–H and O–H groups in total. The Labute approximate surface area is 175 Å². The van der Waals surface area contributed by atoms with E-state index in [9.17, 15) is 4.79 Å². The Kier molecular flexibility index (Phi) is 5.37. The first-order valence-electron chi connectivity index (χ1n) is 10.0. The highest BCUT2D eigenvalue weighted by atomic mass is 79.9. The summed E-state index contributed by atoms with van der Waals surface area (Å²) in [7, 11) is 1.68. The average Bonchev–Trinajstić information content (AvgIpc) is 3.49. The van der Waals surface area contributed by atoms with Gasteiger partial charge in [0.1, 0.15) is 5.75 Å². The van der Waals surface area contributed by atoms with Gasteiger partial charge in [-0.25, -0.2) is 0 Å². The first-order chi connectivity index (χ1) is 13.5. The number of amides is 1. The van der Waals surface area contributed by atoms with E-state index in [1.807, 2.05) is 12.1 Å². The van der Waals surface area contributed by atoms with Crippen LogP contribution in [0, 0.1) is 5.92 Å². The molecule has 0 spiro atoms. The van der Waals surface area contributed by atoms with Gasteiger partial charge in [-0.15, -0.1) is 0 Å². The molecule has 148 valence electrons. The number of methoxy groups -OCH3 is 1. The Morgan fingerprint density at radius 1 is 1.25 bits per heavy atom. The van der Waals surface area contributed by atoms with E-state index >= 15 is 0 Å². The Balaban J connectivity index is 1.64. The lowest BCUT2D eigenvalue weighted by Gasteiger charge is -2.27. The van der Waals surface area contributed by atoms with Gasteiger partial charge in [0.15, 0.2) is 0 Å². The number of hydrogen-bond donors (Lipinski definition) is 0. The van der Waals surface area contributed by atoms with Crippen molar-refractivity contribution in [1.82, 2.24) is 4.90 Å². The van der Waals surface area contributed by atoms with Gasteiger partial charge in [0.05, 0.1) is 18.4 Å². The molecule has 1 saturated carbocycles. The van der Waals surface area contributed by atoms with Gasteiger partial charge in [0, 0.05) is 30.1 Å². The van der Waals surface area contributed by atoms with Crippen LogP contribution < -0.4 is 9.64 Å². The molecule has 1 aliphatic heterocycles. The van der Waals surface area contributed by atoms with Gasteiger partial charge in [0.2, 0.25) is 0 Å². The third-order valence-corrected chi connectivity index (χ3v) is 6.49. The summed E-state index contributed by atoms with van der Waals surface area (Å²) >= 11 is 3.66. The zero-order valence-corrected chi connectivity index (χ0v) is 18.3. The summed E-state index contributed by atoms with van der Waals surface area (Å²) in [4.78, 5) is 17.7. The van der Waals surface area contributed by atoms with Crippen molar-refractivity contribution in [2.24, 2.45) is 5.92 Å². The van der Waals surface area contributed by atoms with Crippen molar-refractivity contribution in [1.29, 1.82) is 0 Å². The van der Waals surface area contributed by atoms with Crippen LogP contribution in [0.15, 0.2) is 40.9 Å². The van der Waals surface area contributed by atoms with Crippen molar-refractivity contribution in [3.05, 3.63) is 57.6 Å². The number of nitrogens with zero attached hydrogens (tertiary/aromatic N) is 2. The molecule has 1 heterocycles. The number of carbonyl (C=O) groups is 1. The molecular weight excluding hydrogens is 416 g/mol. The summed E-state index contributed by atoms with van der Waals surface area (Å²) < 4.78 is 6.29. The van der Waals surface area contributed by atoms with Crippen molar-refractivity contribution in [3.63, 3.8) is 0 Å². The van der Waals surface area contributed by atoms with E-state index < -0.39 is 0 Å². The molecule has 0 aromatic heterocycles. The molecule has 4 nitrogen and oxygen atoms in total. The zero-order valence-electron chi connectivity index (χ0n) is 16.7. The Bertz CT molecular complexity index is 877. The lowest BCUT2D eigenvalue weighted by Crippen LogP contribution is -2.35. The van der Waals surface area contributed by atoms with E-state index in [2.05, 4.69) is 63.8 Å². The first kappa shape index (κ1) is 19.3. The van der Waals surface area contributed by atoms with Crippen LogP contribution in [0.1, 0.15) is 48.2 Å². The molecule has 1 aliphatic carbocycles. The normalized spacial score (nSPS) is 16.9. The van der Waals surface area contributed by atoms with Crippen molar-refractivity contribution in [2.75, 3.05) is 18.6 Å². The second-order valence-electron chi connectivity index (χ2n) is 7.83. The molecule has 0 unspecified atom stereocenters. The number of fused-ring (bicyclic) bond motifs is 1. The number of benzene rings is 2. The van der Waals surface area contributed by atoms with Gasteiger partial charge in [-0.1, -0.05) is 28.1 Å². The number of carbonyl (C=O) groups excluding carboxylic acids is 1. The monoisotopic (exact) mass is 442 g/mol. The molecule has 4 rings (SSSR count). The summed E-state index contributed by atoms with van der Waals surface area (Å²) in [6.07, 6.45) is 2.49. The molecule has 5 heteroatoms. The average molecular weight is 443 g/mol. The molecule has 2 aliphatic rings. The van der Waals surface area contributed by atoms with E-state index in [-0.39, 0.29) is 5.91 Å². The van der Waals surface area contributed by atoms with E-state index in [1.54, 1.807) is 7.11 Å². The Morgan fingerprint density at radius 2 is 1.96 bits per heavy atom. The number of ether oxygens (including phenoxy) is 1. The second-order valence-corrected chi connectivity index (χ2v) is 8.75. The van der Waals surface area contributed by atoms with Crippen LogP contribution in [0.5, 0.6) is 5.75 Å². The Hall–Kier alpha value is -2.01. The molecule has 0 saturated heterocycles. The van der Waals surface area contributed by atoms with Crippen LogP contribution in [-0.4, -0.2) is 30.5 Å². The lowest BCUT2D eigenvalue weighted by molar-refractivity contribution is 0.0698. The third kappa shape index (κ3) is 3.64. The summed E-state index contributed by atoms with van der Waals surface area (Å²) in [5.41, 5.74) is 4.24. The van der Waals surface area contributed by atoms with Crippen molar-refractivity contribution in [2.45, 2.75) is 45.8 Å². The fourth-order valence-corrected chi connectivity index (χ4v) is 4.64. The maximum absolute atomic E-state index is 13.3. The van der Waals surface area contributed by atoms with Crippen LogP contribution >= 0.6 is 15.9 Å². The molecule has 2 aromatic carbocycles.